The van der Waals surface area contributed by atoms with Crippen molar-refractivity contribution in [2.24, 2.45) is 4.99 Å². The number of benzene rings is 2. The number of carbonyl (C=O) groups is 1. The van der Waals surface area contributed by atoms with Gasteiger partial charge in [0.25, 0.3) is 5.91 Å². The quantitative estimate of drug-likeness (QED) is 0.210. The van der Waals surface area contributed by atoms with E-state index in [4.69, 9.17) is 0 Å². The van der Waals surface area contributed by atoms with Crippen LogP contribution in [-0.4, -0.2) is 34.7 Å². The maximum Gasteiger partial charge on any atom is 0.251 e. The lowest BCUT2D eigenvalue weighted by atomic mass is 10.1. The zero-order valence-electron chi connectivity index (χ0n) is 19.4. The summed E-state index contributed by atoms with van der Waals surface area (Å²) in [5, 5.41) is 14.0. The molecule has 3 N–H and O–H groups in total. The summed E-state index contributed by atoms with van der Waals surface area (Å²) in [6, 6.07) is 18.0. The lowest BCUT2D eigenvalue weighted by Gasteiger charge is -2.15. The summed E-state index contributed by atoms with van der Waals surface area (Å²) in [6.07, 6.45) is 4.65. The van der Waals surface area contributed by atoms with Gasteiger partial charge in [-0.3, -0.25) is 14.5 Å². The fourth-order valence-corrected chi connectivity index (χ4v) is 3.27. The Hall–Kier alpha value is -2.88. The molecular formula is C25H33IN6O. The van der Waals surface area contributed by atoms with Gasteiger partial charge in [0.15, 0.2) is 5.96 Å². The highest BCUT2D eigenvalue weighted by Gasteiger charge is 2.09. The van der Waals surface area contributed by atoms with E-state index in [-0.39, 0.29) is 35.9 Å². The smallest absolute Gasteiger partial charge is 0.251 e. The van der Waals surface area contributed by atoms with Crippen LogP contribution in [0.4, 0.5) is 0 Å². The number of hydrogen-bond donors (Lipinski definition) is 3. The van der Waals surface area contributed by atoms with Crippen LogP contribution in [0.3, 0.4) is 0 Å². The fraction of sp³-hybridized carbons (Fsp3) is 0.320. The van der Waals surface area contributed by atoms with Crippen LogP contribution >= 0.6 is 24.0 Å². The molecule has 1 aromatic heterocycles. The fourth-order valence-electron chi connectivity index (χ4n) is 3.27. The first-order valence-electron chi connectivity index (χ1n) is 11.0. The number of rotatable bonds is 9. The summed E-state index contributed by atoms with van der Waals surface area (Å²) < 4.78 is 1.91. The van der Waals surface area contributed by atoms with Crippen LogP contribution < -0.4 is 16.0 Å². The summed E-state index contributed by atoms with van der Waals surface area (Å²) >= 11 is 0. The van der Waals surface area contributed by atoms with E-state index in [0.29, 0.717) is 24.6 Å². The maximum atomic E-state index is 12.4. The Morgan fingerprint density at radius 3 is 2.52 bits per heavy atom. The second-order valence-electron chi connectivity index (χ2n) is 7.73. The maximum absolute atomic E-state index is 12.4. The van der Waals surface area contributed by atoms with E-state index in [1.807, 2.05) is 60.3 Å². The number of hydrogen-bond acceptors (Lipinski definition) is 3. The summed E-state index contributed by atoms with van der Waals surface area (Å²) in [6.45, 7) is 6.00. The predicted octanol–water partition coefficient (Wildman–Crippen LogP) is 3.94. The van der Waals surface area contributed by atoms with Crippen molar-refractivity contribution in [2.75, 3.05) is 7.05 Å². The number of nitrogens with zero attached hydrogens (tertiary/aromatic N) is 3. The van der Waals surface area contributed by atoms with Crippen LogP contribution in [-0.2, 0) is 19.6 Å². The topological polar surface area (TPSA) is 83.3 Å². The van der Waals surface area contributed by atoms with E-state index < -0.39 is 0 Å². The SMILES string of the molecule is CCC(C)NC(=O)c1cccc(CNC(=NC)NCc2ccccc2Cn2cccn2)c1.I. The van der Waals surface area contributed by atoms with Crippen molar-refractivity contribution in [3.8, 4) is 0 Å². The van der Waals surface area contributed by atoms with Gasteiger partial charge in [-0.1, -0.05) is 43.3 Å². The molecule has 1 unspecified atom stereocenters. The van der Waals surface area contributed by atoms with E-state index in [0.717, 1.165) is 18.5 Å². The molecule has 0 saturated carbocycles. The highest BCUT2D eigenvalue weighted by Crippen LogP contribution is 2.10. The number of aromatic nitrogens is 2. The van der Waals surface area contributed by atoms with Crippen LogP contribution in [0, 0.1) is 0 Å². The molecule has 176 valence electrons. The molecule has 0 aliphatic heterocycles. The molecule has 7 nitrogen and oxygen atoms in total. The van der Waals surface area contributed by atoms with Crippen molar-refractivity contribution in [1.82, 2.24) is 25.7 Å². The molecule has 33 heavy (non-hydrogen) atoms. The Labute approximate surface area is 213 Å². The standard InChI is InChI=1S/C25H32N6O.HI/c1-4-19(2)30-24(32)21-12-7-9-20(15-21)16-27-25(26-3)28-17-22-10-5-6-11-23(22)18-31-14-8-13-29-31;/h5-15,19H,4,16-18H2,1-3H3,(H,30,32)(H2,26,27,28);1H. The molecule has 0 aliphatic rings. The summed E-state index contributed by atoms with van der Waals surface area (Å²) in [5.74, 6) is 0.658. The molecule has 3 aromatic rings. The van der Waals surface area contributed by atoms with Crippen molar-refractivity contribution in [3.05, 3.63) is 89.2 Å². The van der Waals surface area contributed by atoms with Crippen LogP contribution in [0.2, 0.25) is 0 Å². The largest absolute Gasteiger partial charge is 0.352 e. The number of aliphatic imine (C=N–C) groups is 1. The first-order valence-corrected chi connectivity index (χ1v) is 11.0. The van der Waals surface area contributed by atoms with Gasteiger partial charge in [-0.2, -0.15) is 5.10 Å². The molecule has 0 spiro atoms. The minimum Gasteiger partial charge on any atom is -0.352 e. The Bertz CT molecular complexity index is 1030. The monoisotopic (exact) mass is 560 g/mol. The minimum absolute atomic E-state index is 0. The second kappa shape index (κ2) is 13.6. The molecule has 3 rings (SSSR count). The van der Waals surface area contributed by atoms with Gasteiger partial charge < -0.3 is 16.0 Å². The van der Waals surface area contributed by atoms with E-state index in [2.05, 4.69) is 45.1 Å². The average molecular weight is 560 g/mol. The van der Waals surface area contributed by atoms with Crippen LogP contribution in [0.15, 0.2) is 72.0 Å². The molecule has 0 bridgehead atoms. The van der Waals surface area contributed by atoms with Crippen molar-refractivity contribution in [1.29, 1.82) is 0 Å². The predicted molar refractivity (Wildman–Crippen MR) is 144 cm³/mol. The van der Waals surface area contributed by atoms with Gasteiger partial charge in [-0.25, -0.2) is 0 Å². The van der Waals surface area contributed by atoms with E-state index in [1.54, 1.807) is 13.2 Å². The molecule has 1 atom stereocenters. The first kappa shape index (κ1) is 26.4. The summed E-state index contributed by atoms with van der Waals surface area (Å²) in [5.41, 5.74) is 4.08. The average Bonchev–Trinajstić information content (AvgIpc) is 3.33. The van der Waals surface area contributed by atoms with E-state index in [1.165, 1.54) is 11.1 Å². The van der Waals surface area contributed by atoms with Crippen molar-refractivity contribution in [2.45, 2.75) is 45.9 Å². The zero-order valence-corrected chi connectivity index (χ0v) is 21.7. The minimum atomic E-state index is -0.0440. The van der Waals surface area contributed by atoms with Crippen molar-refractivity contribution in [3.63, 3.8) is 0 Å². The van der Waals surface area contributed by atoms with Gasteiger partial charge in [0.05, 0.1) is 6.54 Å². The molecule has 2 aromatic carbocycles. The van der Waals surface area contributed by atoms with E-state index in [9.17, 15) is 4.79 Å². The summed E-state index contributed by atoms with van der Waals surface area (Å²) in [4.78, 5) is 16.7. The highest BCUT2D eigenvalue weighted by molar-refractivity contribution is 14.0. The third kappa shape index (κ3) is 8.20. The lowest BCUT2D eigenvalue weighted by molar-refractivity contribution is 0.0939. The molecule has 0 radical (unpaired) electrons. The molecule has 0 fully saturated rings. The van der Waals surface area contributed by atoms with Gasteiger partial charge in [0.1, 0.15) is 0 Å². The number of amides is 1. The molecule has 0 aliphatic carbocycles. The Morgan fingerprint density at radius 2 is 1.82 bits per heavy atom. The molecular weight excluding hydrogens is 527 g/mol. The van der Waals surface area contributed by atoms with Gasteiger partial charge in [-0.15, -0.1) is 24.0 Å². The van der Waals surface area contributed by atoms with Gasteiger partial charge in [0.2, 0.25) is 0 Å². The molecule has 1 heterocycles. The summed E-state index contributed by atoms with van der Waals surface area (Å²) in [7, 11) is 1.75. The third-order valence-electron chi connectivity index (χ3n) is 5.32. The van der Waals surface area contributed by atoms with E-state index >= 15 is 0 Å². The number of nitrogens with one attached hydrogen (secondary N) is 3. The number of halogens is 1. The molecule has 8 heteroatoms. The van der Waals surface area contributed by atoms with Crippen molar-refractivity contribution < 1.29 is 4.79 Å². The zero-order chi connectivity index (χ0) is 22.8. The van der Waals surface area contributed by atoms with Crippen LogP contribution in [0.5, 0.6) is 0 Å². The third-order valence-corrected chi connectivity index (χ3v) is 5.32. The number of guanidine groups is 1. The Morgan fingerprint density at radius 1 is 1.06 bits per heavy atom. The molecule has 0 saturated heterocycles. The molecule has 1 amide bonds. The van der Waals surface area contributed by atoms with Crippen LogP contribution in [0.1, 0.15) is 47.3 Å². The highest BCUT2D eigenvalue weighted by atomic mass is 127. The normalized spacial score (nSPS) is 11.9. The van der Waals surface area contributed by atoms with Gasteiger partial charge in [0, 0.05) is 44.1 Å². The Kier molecular flexibility index (Phi) is 10.9. The van der Waals surface area contributed by atoms with Gasteiger partial charge >= 0.3 is 0 Å². The van der Waals surface area contributed by atoms with Gasteiger partial charge in [-0.05, 0) is 48.2 Å². The number of carbonyl (C=O) groups excluding carboxylic acids is 1. The second-order valence-corrected chi connectivity index (χ2v) is 7.73. The lowest BCUT2D eigenvalue weighted by Crippen LogP contribution is -2.36. The van der Waals surface area contributed by atoms with Crippen LogP contribution in [0.25, 0.3) is 0 Å². The first-order chi connectivity index (χ1) is 15.6. The Balaban J connectivity index is 0.00000385. The van der Waals surface area contributed by atoms with Crippen molar-refractivity contribution >= 4 is 35.8 Å².